The van der Waals surface area contributed by atoms with Gasteiger partial charge in [0.2, 0.25) is 0 Å². The summed E-state index contributed by atoms with van der Waals surface area (Å²) in [6, 6.07) is 3.86. The molecular formula is C8H5BrClNS. The molecule has 2 aromatic rings. The SMILES string of the molecule is Cc1cc(Cl)cc2sc(Br)nc12. The van der Waals surface area contributed by atoms with E-state index < -0.39 is 0 Å². The molecule has 0 aliphatic rings. The quantitative estimate of drug-likeness (QED) is 0.699. The summed E-state index contributed by atoms with van der Waals surface area (Å²) in [6.45, 7) is 2.01. The number of fused-ring (bicyclic) bond motifs is 1. The minimum absolute atomic E-state index is 0.774. The molecule has 1 heterocycles. The zero-order chi connectivity index (χ0) is 8.72. The Morgan fingerprint density at radius 3 is 3.00 bits per heavy atom. The van der Waals surface area contributed by atoms with Crippen molar-refractivity contribution in [1.82, 2.24) is 4.98 Å². The first-order valence-electron chi connectivity index (χ1n) is 3.39. The summed E-state index contributed by atoms with van der Waals surface area (Å²) < 4.78 is 2.04. The number of halogens is 2. The van der Waals surface area contributed by atoms with Crippen LogP contribution in [0.25, 0.3) is 10.2 Å². The Kier molecular flexibility index (Phi) is 2.10. The van der Waals surface area contributed by atoms with Crippen molar-refractivity contribution in [2.24, 2.45) is 0 Å². The van der Waals surface area contributed by atoms with Gasteiger partial charge in [0.15, 0.2) is 3.92 Å². The molecule has 1 aromatic carbocycles. The topological polar surface area (TPSA) is 12.9 Å². The number of benzene rings is 1. The van der Waals surface area contributed by atoms with Crippen LogP contribution in [0.1, 0.15) is 5.56 Å². The lowest BCUT2D eigenvalue weighted by molar-refractivity contribution is 1.40. The maximum Gasteiger partial charge on any atom is 0.160 e. The molecule has 12 heavy (non-hydrogen) atoms. The summed E-state index contributed by atoms with van der Waals surface area (Å²) >= 11 is 10.8. The molecule has 0 spiro atoms. The van der Waals surface area contributed by atoms with Crippen molar-refractivity contribution in [3.8, 4) is 0 Å². The summed E-state index contributed by atoms with van der Waals surface area (Å²) in [6.07, 6.45) is 0. The number of nitrogens with zero attached hydrogens (tertiary/aromatic N) is 1. The van der Waals surface area contributed by atoms with Gasteiger partial charge in [-0.3, -0.25) is 0 Å². The van der Waals surface area contributed by atoms with Gasteiger partial charge in [0.05, 0.1) is 10.2 Å². The van der Waals surface area contributed by atoms with Crippen molar-refractivity contribution < 1.29 is 0 Å². The standard InChI is InChI=1S/C8H5BrClNS/c1-4-2-5(10)3-6-7(4)11-8(9)12-6/h2-3H,1H3. The second kappa shape index (κ2) is 2.98. The molecule has 0 saturated heterocycles. The first-order chi connectivity index (χ1) is 5.66. The van der Waals surface area contributed by atoms with E-state index in [0.717, 1.165) is 24.7 Å². The number of hydrogen-bond donors (Lipinski definition) is 0. The minimum Gasteiger partial charge on any atom is -0.229 e. The molecule has 0 aliphatic heterocycles. The zero-order valence-corrected chi connectivity index (χ0v) is 9.42. The van der Waals surface area contributed by atoms with Crippen LogP contribution in [-0.4, -0.2) is 4.98 Å². The van der Waals surface area contributed by atoms with E-state index in [9.17, 15) is 0 Å². The molecule has 0 N–H and O–H groups in total. The van der Waals surface area contributed by atoms with E-state index in [2.05, 4.69) is 20.9 Å². The Balaban J connectivity index is 2.88. The zero-order valence-electron chi connectivity index (χ0n) is 6.27. The number of thiazole rings is 1. The van der Waals surface area contributed by atoms with Crippen molar-refractivity contribution in [3.05, 3.63) is 26.6 Å². The second-order valence-electron chi connectivity index (χ2n) is 2.54. The molecule has 2 rings (SSSR count). The second-order valence-corrected chi connectivity index (χ2v) is 5.28. The van der Waals surface area contributed by atoms with Gasteiger partial charge in [0, 0.05) is 5.02 Å². The molecule has 0 atom stereocenters. The maximum atomic E-state index is 5.90. The monoisotopic (exact) mass is 261 g/mol. The summed E-state index contributed by atoms with van der Waals surface area (Å²) in [7, 11) is 0. The van der Waals surface area contributed by atoms with E-state index in [1.807, 2.05) is 19.1 Å². The van der Waals surface area contributed by atoms with Crippen molar-refractivity contribution in [2.45, 2.75) is 6.92 Å². The van der Waals surface area contributed by atoms with Gasteiger partial charge < -0.3 is 0 Å². The van der Waals surface area contributed by atoms with Crippen LogP contribution < -0.4 is 0 Å². The van der Waals surface area contributed by atoms with Gasteiger partial charge in [-0.2, -0.15) is 0 Å². The Morgan fingerprint density at radius 2 is 2.25 bits per heavy atom. The van der Waals surface area contributed by atoms with Gasteiger partial charge in [-0.15, -0.1) is 11.3 Å². The Bertz CT molecular complexity index is 438. The molecule has 0 fully saturated rings. The lowest BCUT2D eigenvalue weighted by Crippen LogP contribution is -1.75. The van der Waals surface area contributed by atoms with E-state index in [1.54, 1.807) is 11.3 Å². The van der Waals surface area contributed by atoms with Gasteiger partial charge in [0.1, 0.15) is 0 Å². The highest BCUT2D eigenvalue weighted by molar-refractivity contribution is 9.11. The molecule has 62 valence electrons. The van der Waals surface area contributed by atoms with Crippen LogP contribution in [0.2, 0.25) is 5.02 Å². The van der Waals surface area contributed by atoms with Crippen LogP contribution >= 0.6 is 38.9 Å². The molecule has 0 aliphatic carbocycles. The van der Waals surface area contributed by atoms with Crippen molar-refractivity contribution in [1.29, 1.82) is 0 Å². The third-order valence-electron chi connectivity index (χ3n) is 1.62. The highest BCUT2D eigenvalue weighted by Crippen LogP contribution is 2.30. The molecule has 0 saturated carbocycles. The van der Waals surface area contributed by atoms with Crippen LogP contribution in [-0.2, 0) is 0 Å². The van der Waals surface area contributed by atoms with Gasteiger partial charge in [-0.05, 0) is 40.5 Å². The third kappa shape index (κ3) is 1.37. The van der Waals surface area contributed by atoms with Crippen molar-refractivity contribution in [3.63, 3.8) is 0 Å². The molecule has 0 unspecified atom stereocenters. The van der Waals surface area contributed by atoms with Crippen LogP contribution in [0.15, 0.2) is 16.0 Å². The Labute approximate surface area is 87.5 Å². The molecule has 4 heteroatoms. The Morgan fingerprint density at radius 1 is 1.50 bits per heavy atom. The average Bonchev–Trinajstić information content (AvgIpc) is 2.29. The smallest absolute Gasteiger partial charge is 0.160 e. The number of aryl methyl sites for hydroxylation is 1. The van der Waals surface area contributed by atoms with Crippen LogP contribution in [0.5, 0.6) is 0 Å². The lowest BCUT2D eigenvalue weighted by Gasteiger charge is -1.94. The normalized spacial score (nSPS) is 10.9. The first kappa shape index (κ1) is 8.48. The fourth-order valence-electron chi connectivity index (χ4n) is 1.13. The van der Waals surface area contributed by atoms with Crippen molar-refractivity contribution >= 4 is 49.1 Å². The molecule has 0 bridgehead atoms. The van der Waals surface area contributed by atoms with Crippen LogP contribution in [0, 0.1) is 6.92 Å². The number of hydrogen-bond acceptors (Lipinski definition) is 2. The molecule has 0 amide bonds. The average molecular weight is 263 g/mol. The van der Waals surface area contributed by atoms with Gasteiger partial charge in [-0.1, -0.05) is 11.6 Å². The lowest BCUT2D eigenvalue weighted by atomic mass is 10.2. The minimum atomic E-state index is 0.774. The summed E-state index contributed by atoms with van der Waals surface area (Å²) in [4.78, 5) is 4.33. The fourth-order valence-corrected chi connectivity index (χ4v) is 2.97. The molecule has 1 aromatic heterocycles. The van der Waals surface area contributed by atoms with Crippen LogP contribution in [0.4, 0.5) is 0 Å². The molecule has 0 radical (unpaired) electrons. The fraction of sp³-hybridized carbons (Fsp3) is 0.125. The summed E-state index contributed by atoms with van der Waals surface area (Å²) in [5, 5.41) is 0.774. The highest BCUT2D eigenvalue weighted by atomic mass is 79.9. The predicted octanol–water partition coefficient (Wildman–Crippen LogP) is 4.02. The third-order valence-corrected chi connectivity index (χ3v) is 3.30. The van der Waals surface area contributed by atoms with E-state index >= 15 is 0 Å². The van der Waals surface area contributed by atoms with E-state index in [4.69, 9.17) is 11.6 Å². The Hall–Kier alpha value is -0.120. The van der Waals surface area contributed by atoms with Crippen molar-refractivity contribution in [2.75, 3.05) is 0 Å². The highest BCUT2D eigenvalue weighted by Gasteiger charge is 2.04. The van der Waals surface area contributed by atoms with Gasteiger partial charge in [0.25, 0.3) is 0 Å². The first-order valence-corrected chi connectivity index (χ1v) is 5.38. The number of aromatic nitrogens is 1. The van der Waals surface area contributed by atoms with Crippen LogP contribution in [0.3, 0.4) is 0 Å². The van der Waals surface area contributed by atoms with Gasteiger partial charge >= 0.3 is 0 Å². The molecule has 1 nitrogen and oxygen atoms in total. The van der Waals surface area contributed by atoms with Gasteiger partial charge in [-0.25, -0.2) is 4.98 Å². The maximum absolute atomic E-state index is 5.90. The largest absolute Gasteiger partial charge is 0.229 e. The molecular weight excluding hydrogens is 258 g/mol. The van der Waals surface area contributed by atoms with E-state index in [1.165, 1.54) is 0 Å². The number of rotatable bonds is 0. The van der Waals surface area contributed by atoms with E-state index in [0.29, 0.717) is 0 Å². The summed E-state index contributed by atoms with van der Waals surface area (Å²) in [5.41, 5.74) is 2.16. The van der Waals surface area contributed by atoms with E-state index in [-0.39, 0.29) is 0 Å². The predicted molar refractivity (Wildman–Crippen MR) is 57.1 cm³/mol. The summed E-state index contributed by atoms with van der Waals surface area (Å²) in [5.74, 6) is 0.